The number of hydrogen-bond donors (Lipinski definition) is 2. The molecule has 0 aliphatic carbocycles. The van der Waals surface area contributed by atoms with E-state index in [0.29, 0.717) is 0 Å². The molecule has 118 valence electrons. The number of halogens is 1. The van der Waals surface area contributed by atoms with E-state index in [0.717, 1.165) is 37.9 Å². The van der Waals surface area contributed by atoms with Gasteiger partial charge in [-0.3, -0.25) is 4.79 Å². The van der Waals surface area contributed by atoms with Crippen molar-refractivity contribution in [3.05, 3.63) is 35.4 Å². The Balaban J connectivity index is 0.00000220. The molecular weight excluding hydrogens is 284 g/mol. The monoisotopic (exact) mass is 310 g/mol. The number of rotatable bonds is 4. The second-order valence-corrected chi connectivity index (χ2v) is 6.19. The molecule has 2 rings (SSSR count). The summed E-state index contributed by atoms with van der Waals surface area (Å²) >= 11 is 0. The molecule has 3 nitrogen and oxygen atoms in total. The summed E-state index contributed by atoms with van der Waals surface area (Å²) in [7, 11) is 0. The Bertz CT molecular complexity index is 450. The number of hydrogen-bond acceptors (Lipinski definition) is 2. The Labute approximate surface area is 134 Å². The molecule has 1 saturated heterocycles. The third-order valence-corrected chi connectivity index (χ3v) is 4.28. The predicted octanol–water partition coefficient (Wildman–Crippen LogP) is 2.82. The van der Waals surface area contributed by atoms with Gasteiger partial charge < -0.3 is 10.6 Å². The molecular formula is C17H27ClN2O. The molecule has 1 aromatic carbocycles. The van der Waals surface area contributed by atoms with Crippen LogP contribution in [0.15, 0.2) is 24.3 Å². The number of benzene rings is 1. The van der Waals surface area contributed by atoms with Crippen LogP contribution in [0.1, 0.15) is 44.7 Å². The van der Waals surface area contributed by atoms with Gasteiger partial charge in [0, 0.05) is 12.6 Å². The van der Waals surface area contributed by atoms with Crippen molar-refractivity contribution in [2.75, 3.05) is 13.1 Å². The van der Waals surface area contributed by atoms with Crippen LogP contribution in [0.5, 0.6) is 0 Å². The lowest BCUT2D eigenvalue weighted by molar-refractivity contribution is -0.126. The van der Waals surface area contributed by atoms with Gasteiger partial charge in [-0.2, -0.15) is 0 Å². The summed E-state index contributed by atoms with van der Waals surface area (Å²) in [5.41, 5.74) is 1.90. The first-order chi connectivity index (χ1) is 9.54. The van der Waals surface area contributed by atoms with Gasteiger partial charge in [-0.25, -0.2) is 0 Å². The van der Waals surface area contributed by atoms with Crippen molar-refractivity contribution in [2.24, 2.45) is 0 Å². The van der Waals surface area contributed by atoms with E-state index in [1.54, 1.807) is 0 Å². The zero-order valence-corrected chi connectivity index (χ0v) is 14.1. The fraction of sp³-hybridized carbons (Fsp3) is 0.588. The minimum Gasteiger partial charge on any atom is -0.351 e. The molecule has 0 spiro atoms. The Morgan fingerprint density at radius 1 is 1.33 bits per heavy atom. The molecule has 1 aliphatic heterocycles. The number of nitrogens with one attached hydrogen (secondary N) is 2. The largest absolute Gasteiger partial charge is 0.351 e. The van der Waals surface area contributed by atoms with Gasteiger partial charge in [0.1, 0.15) is 0 Å². The van der Waals surface area contributed by atoms with Gasteiger partial charge in [0.05, 0.1) is 5.41 Å². The molecule has 21 heavy (non-hydrogen) atoms. The summed E-state index contributed by atoms with van der Waals surface area (Å²) in [6, 6.07) is 8.67. The highest BCUT2D eigenvalue weighted by Gasteiger charge is 2.31. The smallest absolute Gasteiger partial charge is 0.230 e. The van der Waals surface area contributed by atoms with E-state index in [2.05, 4.69) is 41.8 Å². The third kappa shape index (κ3) is 4.45. The van der Waals surface area contributed by atoms with Crippen molar-refractivity contribution in [2.45, 2.75) is 51.5 Å². The summed E-state index contributed by atoms with van der Waals surface area (Å²) in [6.07, 6.45) is 3.24. The zero-order valence-electron chi connectivity index (χ0n) is 13.2. The third-order valence-electron chi connectivity index (χ3n) is 4.28. The maximum Gasteiger partial charge on any atom is 0.230 e. The van der Waals surface area contributed by atoms with E-state index in [1.165, 1.54) is 5.56 Å². The molecule has 1 unspecified atom stereocenters. The average molecular weight is 311 g/mol. The van der Waals surface area contributed by atoms with Crippen LogP contribution in [0.4, 0.5) is 0 Å². The summed E-state index contributed by atoms with van der Waals surface area (Å²) < 4.78 is 0. The Hall–Kier alpha value is -1.06. The molecule has 1 aliphatic rings. The van der Waals surface area contributed by atoms with Crippen LogP contribution in [-0.2, 0) is 16.6 Å². The highest BCUT2D eigenvalue weighted by atomic mass is 35.5. The van der Waals surface area contributed by atoms with E-state index in [1.807, 2.05) is 13.8 Å². The van der Waals surface area contributed by atoms with Crippen LogP contribution in [0.2, 0.25) is 0 Å². The normalized spacial score (nSPS) is 18.7. The number of carbonyl (C=O) groups excluding carboxylic acids is 1. The van der Waals surface area contributed by atoms with Crippen molar-refractivity contribution < 1.29 is 4.79 Å². The van der Waals surface area contributed by atoms with E-state index < -0.39 is 5.41 Å². The standard InChI is InChI=1S/C17H26N2O.ClH/c1-4-13-7-9-14(10-8-13)17(2,3)16(20)19-15-6-5-11-18-12-15;/h7-10,15,18H,4-6,11-12H2,1-3H3,(H,19,20);1H. The van der Waals surface area contributed by atoms with Crippen molar-refractivity contribution in [1.29, 1.82) is 0 Å². The van der Waals surface area contributed by atoms with Crippen LogP contribution in [0.25, 0.3) is 0 Å². The van der Waals surface area contributed by atoms with Gasteiger partial charge in [-0.05, 0) is 50.8 Å². The molecule has 1 fully saturated rings. The van der Waals surface area contributed by atoms with Gasteiger partial charge in [-0.1, -0.05) is 31.2 Å². The van der Waals surface area contributed by atoms with Gasteiger partial charge in [0.25, 0.3) is 0 Å². The molecule has 0 bridgehead atoms. The maximum atomic E-state index is 12.5. The predicted molar refractivity (Wildman–Crippen MR) is 90.1 cm³/mol. The summed E-state index contributed by atoms with van der Waals surface area (Å²) in [4.78, 5) is 12.5. The fourth-order valence-corrected chi connectivity index (χ4v) is 2.63. The van der Waals surface area contributed by atoms with Crippen LogP contribution < -0.4 is 10.6 Å². The lowest BCUT2D eigenvalue weighted by atomic mass is 9.83. The SMILES string of the molecule is CCc1ccc(C(C)(C)C(=O)NC2CCCNC2)cc1.Cl. The van der Waals surface area contributed by atoms with E-state index in [4.69, 9.17) is 0 Å². The summed E-state index contributed by atoms with van der Waals surface area (Å²) in [5.74, 6) is 0.121. The summed E-state index contributed by atoms with van der Waals surface area (Å²) in [5, 5.41) is 6.52. The number of carbonyl (C=O) groups is 1. The first-order valence-electron chi connectivity index (χ1n) is 7.65. The molecule has 0 radical (unpaired) electrons. The average Bonchev–Trinajstić information content (AvgIpc) is 2.48. The van der Waals surface area contributed by atoms with Crippen LogP contribution >= 0.6 is 12.4 Å². The van der Waals surface area contributed by atoms with Gasteiger partial charge >= 0.3 is 0 Å². The molecule has 0 saturated carbocycles. The molecule has 1 aromatic rings. The maximum absolute atomic E-state index is 12.5. The van der Waals surface area contributed by atoms with Gasteiger partial charge in [-0.15, -0.1) is 12.4 Å². The quantitative estimate of drug-likeness (QED) is 0.898. The molecule has 2 N–H and O–H groups in total. The number of amides is 1. The van der Waals surface area contributed by atoms with Gasteiger partial charge in [0.2, 0.25) is 5.91 Å². The Morgan fingerprint density at radius 2 is 2.00 bits per heavy atom. The van der Waals surface area contributed by atoms with E-state index in [9.17, 15) is 4.79 Å². The first kappa shape index (κ1) is 18.0. The molecule has 1 amide bonds. The Kier molecular flexibility index (Phi) is 6.69. The highest BCUT2D eigenvalue weighted by Crippen LogP contribution is 2.24. The molecule has 1 atom stereocenters. The minimum atomic E-state index is -0.482. The molecule has 4 heteroatoms. The van der Waals surface area contributed by atoms with Crippen molar-refractivity contribution >= 4 is 18.3 Å². The molecule has 0 aromatic heterocycles. The van der Waals surface area contributed by atoms with Gasteiger partial charge in [0.15, 0.2) is 0 Å². The second kappa shape index (κ2) is 7.81. The topological polar surface area (TPSA) is 41.1 Å². The molecule has 1 heterocycles. The lowest BCUT2D eigenvalue weighted by Crippen LogP contribution is -2.50. The van der Waals surface area contributed by atoms with Crippen molar-refractivity contribution in [3.8, 4) is 0 Å². The van der Waals surface area contributed by atoms with Crippen LogP contribution in [0.3, 0.4) is 0 Å². The van der Waals surface area contributed by atoms with Crippen LogP contribution in [0, 0.1) is 0 Å². The first-order valence-corrected chi connectivity index (χ1v) is 7.65. The minimum absolute atomic E-state index is 0. The fourth-order valence-electron chi connectivity index (χ4n) is 2.63. The second-order valence-electron chi connectivity index (χ2n) is 6.19. The Morgan fingerprint density at radius 3 is 2.52 bits per heavy atom. The van der Waals surface area contributed by atoms with Crippen molar-refractivity contribution in [1.82, 2.24) is 10.6 Å². The lowest BCUT2D eigenvalue weighted by Gasteiger charge is -2.30. The number of piperidine rings is 1. The van der Waals surface area contributed by atoms with E-state index in [-0.39, 0.29) is 24.4 Å². The number of aryl methyl sites for hydroxylation is 1. The van der Waals surface area contributed by atoms with E-state index >= 15 is 0 Å². The van der Waals surface area contributed by atoms with Crippen LogP contribution in [-0.4, -0.2) is 25.0 Å². The summed E-state index contributed by atoms with van der Waals surface area (Å²) in [6.45, 7) is 8.09. The van der Waals surface area contributed by atoms with Crippen molar-refractivity contribution in [3.63, 3.8) is 0 Å². The highest BCUT2D eigenvalue weighted by molar-refractivity contribution is 5.87. The zero-order chi connectivity index (χ0) is 14.6.